The zero-order chi connectivity index (χ0) is 18.8. The van der Waals surface area contributed by atoms with Crippen LogP contribution in [-0.2, 0) is 14.3 Å². The number of nitrogens with zero attached hydrogens (tertiary/aromatic N) is 1. The summed E-state index contributed by atoms with van der Waals surface area (Å²) in [6.07, 6.45) is 2.85. The van der Waals surface area contributed by atoms with E-state index < -0.39 is 18.5 Å². The van der Waals surface area contributed by atoms with E-state index in [1.165, 1.54) is 6.08 Å². The number of nitriles is 1. The number of anilines is 1. The first-order valence-corrected chi connectivity index (χ1v) is 7.98. The lowest BCUT2D eigenvalue weighted by molar-refractivity contribution is -0.142. The number of ether oxygens (including phenoxy) is 2. The third kappa shape index (κ3) is 6.13. The molecule has 0 atom stereocenters. The zero-order valence-corrected chi connectivity index (χ0v) is 14.3. The van der Waals surface area contributed by atoms with Gasteiger partial charge in [-0.25, -0.2) is 4.79 Å². The first-order chi connectivity index (χ1) is 12.6. The molecule has 0 aliphatic carbocycles. The third-order valence-electron chi connectivity index (χ3n) is 3.25. The van der Waals surface area contributed by atoms with Crippen molar-refractivity contribution in [1.29, 1.82) is 5.26 Å². The van der Waals surface area contributed by atoms with Crippen molar-refractivity contribution in [2.24, 2.45) is 0 Å². The SMILES string of the molecule is CCOc1ccc(/C=C/C(=O)OCC(=O)Nc2ccc(C#N)cc2)cc1. The summed E-state index contributed by atoms with van der Waals surface area (Å²) in [5, 5.41) is 11.3. The maximum absolute atomic E-state index is 11.8. The van der Waals surface area contributed by atoms with Crippen LogP contribution >= 0.6 is 0 Å². The average Bonchev–Trinajstić information content (AvgIpc) is 2.66. The lowest BCUT2D eigenvalue weighted by Crippen LogP contribution is -2.20. The number of benzene rings is 2. The molecular formula is C20H18N2O4. The Labute approximate surface area is 151 Å². The van der Waals surface area contributed by atoms with Gasteiger partial charge in [0.05, 0.1) is 18.2 Å². The van der Waals surface area contributed by atoms with Gasteiger partial charge in [0.1, 0.15) is 5.75 Å². The van der Waals surface area contributed by atoms with Gasteiger partial charge < -0.3 is 14.8 Å². The maximum atomic E-state index is 11.8. The van der Waals surface area contributed by atoms with Crippen LogP contribution < -0.4 is 10.1 Å². The molecule has 0 unspecified atom stereocenters. The molecular weight excluding hydrogens is 332 g/mol. The van der Waals surface area contributed by atoms with Crippen molar-refractivity contribution in [3.05, 3.63) is 65.7 Å². The fourth-order valence-corrected chi connectivity index (χ4v) is 2.02. The molecule has 0 saturated heterocycles. The normalized spacial score (nSPS) is 10.2. The third-order valence-corrected chi connectivity index (χ3v) is 3.25. The van der Waals surface area contributed by atoms with Crippen molar-refractivity contribution in [2.75, 3.05) is 18.5 Å². The minimum absolute atomic E-state index is 0.396. The summed E-state index contributed by atoms with van der Waals surface area (Å²) < 4.78 is 10.2. The predicted molar refractivity (Wildman–Crippen MR) is 97.4 cm³/mol. The molecule has 132 valence electrons. The summed E-state index contributed by atoms with van der Waals surface area (Å²) in [4.78, 5) is 23.4. The van der Waals surface area contributed by atoms with E-state index >= 15 is 0 Å². The van der Waals surface area contributed by atoms with Crippen LogP contribution in [0.1, 0.15) is 18.1 Å². The molecule has 0 radical (unpaired) electrons. The summed E-state index contributed by atoms with van der Waals surface area (Å²) >= 11 is 0. The molecule has 2 aromatic carbocycles. The number of esters is 1. The fraction of sp³-hybridized carbons (Fsp3) is 0.150. The molecule has 6 heteroatoms. The lowest BCUT2D eigenvalue weighted by Gasteiger charge is -2.05. The van der Waals surface area contributed by atoms with Crippen molar-refractivity contribution >= 4 is 23.6 Å². The molecule has 1 amide bonds. The van der Waals surface area contributed by atoms with E-state index in [-0.39, 0.29) is 0 Å². The molecule has 26 heavy (non-hydrogen) atoms. The van der Waals surface area contributed by atoms with Gasteiger partial charge >= 0.3 is 5.97 Å². The number of nitrogens with one attached hydrogen (secondary N) is 1. The van der Waals surface area contributed by atoms with Gasteiger partial charge in [-0.2, -0.15) is 5.26 Å². The monoisotopic (exact) mass is 350 g/mol. The van der Waals surface area contributed by atoms with Gasteiger partial charge in [-0.1, -0.05) is 12.1 Å². The van der Waals surface area contributed by atoms with E-state index in [9.17, 15) is 9.59 Å². The Balaban J connectivity index is 1.78. The number of carbonyl (C=O) groups excluding carboxylic acids is 2. The van der Waals surface area contributed by atoms with E-state index in [0.717, 1.165) is 11.3 Å². The number of rotatable bonds is 7. The smallest absolute Gasteiger partial charge is 0.331 e. The van der Waals surface area contributed by atoms with Crippen LogP contribution in [0.15, 0.2) is 54.6 Å². The molecule has 0 aliphatic heterocycles. The molecule has 0 fully saturated rings. The fourth-order valence-electron chi connectivity index (χ4n) is 2.02. The van der Waals surface area contributed by atoms with E-state index in [1.54, 1.807) is 42.5 Å². The Morgan fingerprint density at radius 3 is 2.42 bits per heavy atom. The molecule has 0 spiro atoms. The summed E-state index contributed by atoms with van der Waals surface area (Å²) in [6, 6.07) is 15.6. The second-order valence-corrected chi connectivity index (χ2v) is 5.18. The first kappa shape index (κ1) is 18.7. The average molecular weight is 350 g/mol. The molecule has 0 bridgehead atoms. The first-order valence-electron chi connectivity index (χ1n) is 7.98. The van der Waals surface area contributed by atoms with E-state index in [1.807, 2.05) is 25.1 Å². The molecule has 1 N–H and O–H groups in total. The van der Waals surface area contributed by atoms with Crippen molar-refractivity contribution in [3.63, 3.8) is 0 Å². The lowest BCUT2D eigenvalue weighted by atomic mass is 10.2. The number of amides is 1. The van der Waals surface area contributed by atoms with E-state index in [2.05, 4.69) is 5.32 Å². The quantitative estimate of drug-likeness (QED) is 0.612. The van der Waals surface area contributed by atoms with Crippen LogP contribution in [0.4, 0.5) is 5.69 Å². The minimum atomic E-state index is -0.617. The molecule has 0 aliphatic rings. The second-order valence-electron chi connectivity index (χ2n) is 5.18. The Morgan fingerprint density at radius 1 is 1.12 bits per heavy atom. The summed E-state index contributed by atoms with van der Waals surface area (Å²) in [5.74, 6) is -0.321. The highest BCUT2D eigenvalue weighted by Crippen LogP contribution is 2.13. The molecule has 6 nitrogen and oxygen atoms in total. The summed E-state index contributed by atoms with van der Waals surface area (Å²) in [6.45, 7) is 2.10. The van der Waals surface area contributed by atoms with Crippen LogP contribution in [0.3, 0.4) is 0 Å². The summed E-state index contributed by atoms with van der Waals surface area (Å²) in [5.41, 5.74) is 1.83. The number of carbonyl (C=O) groups is 2. The van der Waals surface area contributed by atoms with Crippen molar-refractivity contribution in [1.82, 2.24) is 0 Å². The molecule has 0 heterocycles. The second kappa shape index (κ2) is 9.64. The molecule has 0 saturated carbocycles. The van der Waals surface area contributed by atoms with E-state index in [0.29, 0.717) is 17.9 Å². The van der Waals surface area contributed by atoms with Crippen LogP contribution in [0.5, 0.6) is 5.75 Å². The van der Waals surface area contributed by atoms with Gasteiger partial charge in [-0.15, -0.1) is 0 Å². The highest BCUT2D eigenvalue weighted by Gasteiger charge is 2.06. The van der Waals surface area contributed by atoms with E-state index in [4.69, 9.17) is 14.7 Å². The van der Waals surface area contributed by atoms with Crippen LogP contribution in [0.2, 0.25) is 0 Å². The van der Waals surface area contributed by atoms with Gasteiger partial charge in [0.2, 0.25) is 0 Å². The Bertz CT molecular complexity index is 818. The molecule has 2 aromatic rings. The Hall–Kier alpha value is -3.59. The van der Waals surface area contributed by atoms with Gasteiger partial charge in [-0.05, 0) is 55.0 Å². The summed E-state index contributed by atoms with van der Waals surface area (Å²) in [7, 11) is 0. The standard InChI is InChI=1S/C20H18N2O4/c1-2-25-18-10-5-15(6-11-18)7-12-20(24)26-14-19(23)22-17-8-3-16(13-21)4-9-17/h3-12H,2,14H2,1H3,(H,22,23)/b12-7+. The Kier molecular flexibility index (Phi) is 6.95. The highest BCUT2D eigenvalue weighted by molar-refractivity contribution is 5.94. The van der Waals surface area contributed by atoms with Crippen LogP contribution in [0.25, 0.3) is 6.08 Å². The minimum Gasteiger partial charge on any atom is -0.494 e. The van der Waals surface area contributed by atoms with Crippen molar-refractivity contribution in [2.45, 2.75) is 6.92 Å². The number of hydrogen-bond donors (Lipinski definition) is 1. The van der Waals surface area contributed by atoms with Gasteiger partial charge in [0.25, 0.3) is 5.91 Å². The maximum Gasteiger partial charge on any atom is 0.331 e. The molecule has 2 rings (SSSR count). The molecule has 0 aromatic heterocycles. The van der Waals surface area contributed by atoms with Gasteiger partial charge in [-0.3, -0.25) is 4.79 Å². The Morgan fingerprint density at radius 2 is 1.81 bits per heavy atom. The topological polar surface area (TPSA) is 88.4 Å². The van der Waals surface area contributed by atoms with Crippen LogP contribution in [0, 0.1) is 11.3 Å². The predicted octanol–water partition coefficient (Wildman–Crippen LogP) is 3.15. The van der Waals surface area contributed by atoms with Crippen molar-refractivity contribution in [3.8, 4) is 11.8 Å². The van der Waals surface area contributed by atoms with Crippen molar-refractivity contribution < 1.29 is 19.1 Å². The van der Waals surface area contributed by atoms with Crippen LogP contribution in [-0.4, -0.2) is 25.1 Å². The van der Waals surface area contributed by atoms with Gasteiger partial charge in [0, 0.05) is 11.8 Å². The van der Waals surface area contributed by atoms with Gasteiger partial charge in [0.15, 0.2) is 6.61 Å². The number of hydrogen-bond acceptors (Lipinski definition) is 5. The highest BCUT2D eigenvalue weighted by atomic mass is 16.5. The zero-order valence-electron chi connectivity index (χ0n) is 14.3. The largest absolute Gasteiger partial charge is 0.494 e.